The van der Waals surface area contributed by atoms with Gasteiger partial charge in [0.25, 0.3) is 0 Å². The van der Waals surface area contributed by atoms with Crippen molar-refractivity contribution in [3.05, 3.63) is 59.9 Å². The van der Waals surface area contributed by atoms with E-state index in [0.717, 1.165) is 17.5 Å². The molecule has 0 spiro atoms. The van der Waals surface area contributed by atoms with Crippen molar-refractivity contribution in [1.82, 2.24) is 4.98 Å². The molecule has 1 heterocycles. The van der Waals surface area contributed by atoms with Crippen molar-refractivity contribution < 1.29 is 5.11 Å². The van der Waals surface area contributed by atoms with Gasteiger partial charge in [0, 0.05) is 12.4 Å². The first-order valence-electron chi connectivity index (χ1n) is 4.51. The summed E-state index contributed by atoms with van der Waals surface area (Å²) < 4.78 is 0. The van der Waals surface area contributed by atoms with E-state index in [-0.39, 0.29) is 0 Å². The lowest BCUT2D eigenvalue weighted by Crippen LogP contribution is -1.87. The van der Waals surface area contributed by atoms with Crippen LogP contribution in [0.2, 0.25) is 0 Å². The first-order valence-corrected chi connectivity index (χ1v) is 4.51. The minimum Gasteiger partial charge on any atom is -0.508 e. The van der Waals surface area contributed by atoms with Crippen molar-refractivity contribution in [2.45, 2.75) is 6.42 Å². The lowest BCUT2D eigenvalue weighted by atomic mass is 10.1. The van der Waals surface area contributed by atoms with Crippen molar-refractivity contribution in [3.8, 4) is 5.75 Å². The summed E-state index contributed by atoms with van der Waals surface area (Å²) in [7, 11) is 0. The van der Waals surface area contributed by atoms with Gasteiger partial charge < -0.3 is 5.11 Å². The van der Waals surface area contributed by atoms with Gasteiger partial charge >= 0.3 is 0 Å². The van der Waals surface area contributed by atoms with E-state index in [1.807, 2.05) is 30.5 Å². The van der Waals surface area contributed by atoms with E-state index in [0.29, 0.717) is 5.75 Å². The third-order valence-corrected chi connectivity index (χ3v) is 2.04. The second-order valence-corrected chi connectivity index (χ2v) is 3.21. The van der Waals surface area contributed by atoms with Crippen molar-refractivity contribution in [1.29, 1.82) is 0 Å². The number of hydrogen-bond acceptors (Lipinski definition) is 2. The fourth-order valence-electron chi connectivity index (χ4n) is 1.40. The lowest BCUT2D eigenvalue weighted by molar-refractivity contribution is 0.474. The molecule has 0 unspecified atom stereocenters. The largest absolute Gasteiger partial charge is 0.508 e. The molecule has 2 aromatic rings. The molecule has 0 bridgehead atoms. The average Bonchev–Trinajstić information content (AvgIpc) is 2.19. The molecule has 0 atom stereocenters. The second kappa shape index (κ2) is 3.92. The number of rotatable bonds is 2. The Balaban J connectivity index is 2.19. The number of aromatic nitrogens is 1. The molecule has 1 aromatic heterocycles. The van der Waals surface area contributed by atoms with E-state index >= 15 is 0 Å². The second-order valence-electron chi connectivity index (χ2n) is 3.21. The monoisotopic (exact) mass is 185 g/mol. The Labute approximate surface area is 82.9 Å². The van der Waals surface area contributed by atoms with Gasteiger partial charge in [-0.15, -0.1) is 0 Å². The average molecular weight is 185 g/mol. The molecule has 0 fully saturated rings. The minimum atomic E-state index is 0.311. The van der Waals surface area contributed by atoms with Crippen LogP contribution >= 0.6 is 0 Å². The van der Waals surface area contributed by atoms with E-state index in [4.69, 9.17) is 0 Å². The Morgan fingerprint density at radius 1 is 1.07 bits per heavy atom. The number of pyridine rings is 1. The maximum Gasteiger partial charge on any atom is 0.115 e. The van der Waals surface area contributed by atoms with E-state index in [2.05, 4.69) is 4.98 Å². The van der Waals surface area contributed by atoms with Gasteiger partial charge in [0.05, 0.1) is 0 Å². The summed E-state index contributed by atoms with van der Waals surface area (Å²) in [6.07, 6.45) is 4.40. The molecule has 0 aliphatic carbocycles. The molecule has 0 saturated carbocycles. The highest BCUT2D eigenvalue weighted by Gasteiger charge is 1.96. The molecule has 1 aromatic carbocycles. The Bertz CT molecular complexity index is 412. The summed E-state index contributed by atoms with van der Waals surface area (Å²) in [5, 5.41) is 9.28. The molecule has 0 radical (unpaired) electrons. The predicted octanol–water partition coefficient (Wildman–Crippen LogP) is 2.38. The molecule has 2 rings (SSSR count). The zero-order chi connectivity index (χ0) is 9.80. The van der Waals surface area contributed by atoms with Crippen LogP contribution in [0.1, 0.15) is 11.1 Å². The van der Waals surface area contributed by atoms with Crippen LogP contribution in [0.5, 0.6) is 5.75 Å². The summed E-state index contributed by atoms with van der Waals surface area (Å²) in [4.78, 5) is 4.04. The zero-order valence-corrected chi connectivity index (χ0v) is 7.72. The maximum absolute atomic E-state index is 9.28. The number of phenolic OH excluding ortho intramolecular Hbond substituents is 1. The highest BCUT2D eigenvalue weighted by Crippen LogP contribution is 2.14. The highest BCUT2D eigenvalue weighted by molar-refractivity contribution is 5.30. The molecule has 14 heavy (non-hydrogen) atoms. The molecule has 2 nitrogen and oxygen atoms in total. The number of nitrogens with zero attached hydrogens (tertiary/aromatic N) is 1. The van der Waals surface area contributed by atoms with Crippen molar-refractivity contribution in [2.75, 3.05) is 0 Å². The van der Waals surface area contributed by atoms with Crippen molar-refractivity contribution >= 4 is 0 Å². The van der Waals surface area contributed by atoms with Crippen LogP contribution in [-0.2, 0) is 6.42 Å². The molecule has 1 N–H and O–H groups in total. The first-order chi connectivity index (χ1) is 6.84. The van der Waals surface area contributed by atoms with Crippen LogP contribution in [0.25, 0.3) is 0 Å². The SMILES string of the molecule is Oc1cccc(Cc2cccnc2)c1. The van der Waals surface area contributed by atoms with Gasteiger partial charge in [-0.05, 0) is 35.7 Å². The molecule has 0 aliphatic rings. The Morgan fingerprint density at radius 3 is 2.64 bits per heavy atom. The third kappa shape index (κ3) is 2.10. The highest BCUT2D eigenvalue weighted by atomic mass is 16.3. The molecule has 70 valence electrons. The van der Waals surface area contributed by atoms with E-state index in [9.17, 15) is 5.11 Å². The summed E-state index contributed by atoms with van der Waals surface area (Å²) >= 11 is 0. The standard InChI is InChI=1S/C12H11NO/c14-12-5-1-3-10(8-12)7-11-4-2-6-13-9-11/h1-6,8-9,14H,7H2. The van der Waals surface area contributed by atoms with Crippen LogP contribution in [0.15, 0.2) is 48.8 Å². The van der Waals surface area contributed by atoms with Crippen LogP contribution in [-0.4, -0.2) is 10.1 Å². The van der Waals surface area contributed by atoms with Gasteiger partial charge in [-0.25, -0.2) is 0 Å². The molecule has 2 heteroatoms. The predicted molar refractivity (Wildman–Crippen MR) is 55.1 cm³/mol. The fraction of sp³-hybridized carbons (Fsp3) is 0.0833. The maximum atomic E-state index is 9.28. The number of phenols is 1. The topological polar surface area (TPSA) is 33.1 Å². The quantitative estimate of drug-likeness (QED) is 0.779. The number of aromatic hydroxyl groups is 1. The van der Waals surface area contributed by atoms with Gasteiger partial charge in [-0.3, -0.25) is 4.98 Å². The van der Waals surface area contributed by atoms with Crippen LogP contribution in [0.3, 0.4) is 0 Å². The fourth-order valence-corrected chi connectivity index (χ4v) is 1.40. The lowest BCUT2D eigenvalue weighted by Gasteiger charge is -2.01. The summed E-state index contributed by atoms with van der Waals surface area (Å²) in [5.41, 5.74) is 2.25. The van der Waals surface area contributed by atoms with E-state index in [1.54, 1.807) is 18.3 Å². The Hall–Kier alpha value is -1.83. The van der Waals surface area contributed by atoms with Crippen LogP contribution in [0.4, 0.5) is 0 Å². The van der Waals surface area contributed by atoms with Gasteiger partial charge in [-0.1, -0.05) is 18.2 Å². The van der Waals surface area contributed by atoms with Gasteiger partial charge in [0.2, 0.25) is 0 Å². The van der Waals surface area contributed by atoms with Gasteiger partial charge in [-0.2, -0.15) is 0 Å². The van der Waals surface area contributed by atoms with Crippen molar-refractivity contribution in [3.63, 3.8) is 0 Å². The van der Waals surface area contributed by atoms with Gasteiger partial charge in [0.15, 0.2) is 0 Å². The Kier molecular flexibility index (Phi) is 2.45. The molecule has 0 amide bonds. The number of benzene rings is 1. The first kappa shape index (κ1) is 8.75. The third-order valence-electron chi connectivity index (χ3n) is 2.04. The summed E-state index contributed by atoms with van der Waals surface area (Å²) in [5.74, 6) is 0.311. The summed E-state index contributed by atoms with van der Waals surface area (Å²) in [6.45, 7) is 0. The molecular weight excluding hydrogens is 174 g/mol. The zero-order valence-electron chi connectivity index (χ0n) is 7.72. The van der Waals surface area contributed by atoms with Gasteiger partial charge in [0.1, 0.15) is 5.75 Å². The van der Waals surface area contributed by atoms with Crippen molar-refractivity contribution in [2.24, 2.45) is 0 Å². The summed E-state index contributed by atoms with van der Waals surface area (Å²) in [6, 6.07) is 11.2. The van der Waals surface area contributed by atoms with E-state index < -0.39 is 0 Å². The Morgan fingerprint density at radius 2 is 1.93 bits per heavy atom. The number of hydrogen-bond donors (Lipinski definition) is 1. The molecule has 0 aliphatic heterocycles. The van der Waals surface area contributed by atoms with Crippen LogP contribution < -0.4 is 0 Å². The molecule has 0 saturated heterocycles. The van der Waals surface area contributed by atoms with E-state index in [1.165, 1.54) is 0 Å². The molecular formula is C12H11NO. The van der Waals surface area contributed by atoms with Crippen LogP contribution in [0, 0.1) is 0 Å². The smallest absolute Gasteiger partial charge is 0.115 e. The minimum absolute atomic E-state index is 0.311. The normalized spacial score (nSPS) is 10.0.